The smallest absolute Gasteiger partial charge is 0.223 e. The van der Waals surface area contributed by atoms with Crippen LogP contribution in [0.15, 0.2) is 0 Å². The normalized spacial score (nSPS) is 26.5. The number of carbonyl (C=O) groups excluding carboxylic acids is 1. The Balaban J connectivity index is 1.77. The predicted octanol–water partition coefficient (Wildman–Crippen LogP) is 1.32. The SMILES string of the molecule is CC(C)(C)CC(=O)N1CCN(C2CCCNC2)CC1. The van der Waals surface area contributed by atoms with E-state index in [2.05, 4.69) is 35.9 Å². The molecule has 2 saturated heterocycles. The molecule has 2 aliphatic heterocycles. The number of amides is 1. The lowest BCUT2D eigenvalue weighted by atomic mass is 9.91. The van der Waals surface area contributed by atoms with Gasteiger partial charge in [-0.25, -0.2) is 0 Å². The largest absolute Gasteiger partial charge is 0.340 e. The summed E-state index contributed by atoms with van der Waals surface area (Å²) in [7, 11) is 0. The Morgan fingerprint density at radius 1 is 1.21 bits per heavy atom. The zero-order valence-electron chi connectivity index (χ0n) is 12.7. The molecule has 1 unspecified atom stereocenters. The van der Waals surface area contributed by atoms with Crippen molar-refractivity contribution in [3.05, 3.63) is 0 Å². The Morgan fingerprint density at radius 3 is 2.42 bits per heavy atom. The first-order valence-corrected chi connectivity index (χ1v) is 7.68. The molecule has 110 valence electrons. The average molecular weight is 267 g/mol. The lowest BCUT2D eigenvalue weighted by molar-refractivity contribution is -0.135. The van der Waals surface area contributed by atoms with Gasteiger partial charge in [0.05, 0.1) is 0 Å². The van der Waals surface area contributed by atoms with E-state index >= 15 is 0 Å². The number of nitrogens with one attached hydrogen (secondary N) is 1. The zero-order valence-corrected chi connectivity index (χ0v) is 12.7. The van der Waals surface area contributed by atoms with Crippen LogP contribution in [-0.4, -0.2) is 61.0 Å². The lowest BCUT2D eigenvalue weighted by Crippen LogP contribution is -2.55. The third kappa shape index (κ3) is 4.46. The van der Waals surface area contributed by atoms with Crippen molar-refractivity contribution in [2.45, 2.75) is 46.1 Å². The molecule has 0 radical (unpaired) electrons. The van der Waals surface area contributed by atoms with Crippen LogP contribution in [0.2, 0.25) is 0 Å². The van der Waals surface area contributed by atoms with Crippen molar-refractivity contribution in [1.82, 2.24) is 15.1 Å². The van der Waals surface area contributed by atoms with Gasteiger partial charge in [0.2, 0.25) is 5.91 Å². The minimum atomic E-state index is 0.0987. The van der Waals surface area contributed by atoms with Gasteiger partial charge in [-0.1, -0.05) is 20.8 Å². The topological polar surface area (TPSA) is 35.6 Å². The van der Waals surface area contributed by atoms with E-state index in [4.69, 9.17) is 0 Å². The van der Waals surface area contributed by atoms with Crippen LogP contribution in [0.25, 0.3) is 0 Å². The highest BCUT2D eigenvalue weighted by Crippen LogP contribution is 2.21. The second kappa shape index (κ2) is 6.23. The molecule has 2 rings (SSSR count). The Hall–Kier alpha value is -0.610. The van der Waals surface area contributed by atoms with E-state index in [-0.39, 0.29) is 5.41 Å². The number of rotatable bonds is 2. The van der Waals surface area contributed by atoms with Crippen molar-refractivity contribution in [3.8, 4) is 0 Å². The van der Waals surface area contributed by atoms with Crippen LogP contribution in [0.3, 0.4) is 0 Å². The molecule has 1 atom stereocenters. The number of nitrogens with zero attached hydrogens (tertiary/aromatic N) is 2. The molecule has 1 N–H and O–H groups in total. The molecule has 2 fully saturated rings. The highest BCUT2D eigenvalue weighted by Gasteiger charge is 2.28. The van der Waals surface area contributed by atoms with Gasteiger partial charge in [-0.15, -0.1) is 0 Å². The standard InChI is InChI=1S/C15H29N3O/c1-15(2,3)11-14(19)18-9-7-17(8-10-18)13-5-4-6-16-12-13/h13,16H,4-12H2,1-3H3. The molecule has 0 aromatic carbocycles. The van der Waals surface area contributed by atoms with Crippen molar-refractivity contribution < 1.29 is 4.79 Å². The van der Waals surface area contributed by atoms with Crippen LogP contribution in [0.5, 0.6) is 0 Å². The first-order valence-electron chi connectivity index (χ1n) is 7.68. The van der Waals surface area contributed by atoms with Crippen molar-refractivity contribution in [1.29, 1.82) is 0 Å². The fourth-order valence-electron chi connectivity index (χ4n) is 3.05. The molecular formula is C15H29N3O. The Kier molecular flexibility index (Phi) is 4.85. The molecule has 0 aliphatic carbocycles. The quantitative estimate of drug-likeness (QED) is 0.819. The van der Waals surface area contributed by atoms with Crippen LogP contribution in [-0.2, 0) is 4.79 Å². The van der Waals surface area contributed by atoms with Gasteiger partial charge in [-0.2, -0.15) is 0 Å². The van der Waals surface area contributed by atoms with E-state index in [1.54, 1.807) is 0 Å². The molecule has 0 bridgehead atoms. The number of hydrogen-bond donors (Lipinski definition) is 1. The van der Waals surface area contributed by atoms with Gasteiger partial charge in [0, 0.05) is 45.2 Å². The zero-order chi connectivity index (χ0) is 13.9. The van der Waals surface area contributed by atoms with Gasteiger partial charge in [0.1, 0.15) is 0 Å². The summed E-state index contributed by atoms with van der Waals surface area (Å²) in [5, 5.41) is 3.47. The predicted molar refractivity (Wildman–Crippen MR) is 78.1 cm³/mol. The number of hydrogen-bond acceptors (Lipinski definition) is 3. The molecule has 2 heterocycles. The maximum absolute atomic E-state index is 12.2. The van der Waals surface area contributed by atoms with Crippen molar-refractivity contribution in [2.24, 2.45) is 5.41 Å². The molecule has 0 spiro atoms. The Bertz CT molecular complexity index is 297. The van der Waals surface area contributed by atoms with E-state index in [9.17, 15) is 4.79 Å². The molecule has 1 amide bonds. The minimum absolute atomic E-state index is 0.0987. The van der Waals surface area contributed by atoms with Gasteiger partial charge < -0.3 is 10.2 Å². The second-order valence-electron chi connectivity index (χ2n) is 7.15. The van der Waals surface area contributed by atoms with E-state index in [1.807, 2.05) is 0 Å². The first kappa shape index (κ1) is 14.8. The summed E-state index contributed by atoms with van der Waals surface area (Å²) in [6, 6.07) is 0.689. The third-order valence-corrected chi connectivity index (χ3v) is 4.14. The molecule has 0 aromatic rings. The molecule has 19 heavy (non-hydrogen) atoms. The van der Waals surface area contributed by atoms with Crippen LogP contribution >= 0.6 is 0 Å². The van der Waals surface area contributed by atoms with E-state index in [0.717, 1.165) is 32.7 Å². The molecule has 2 aliphatic rings. The first-order chi connectivity index (χ1) is 8.96. The Labute approximate surface area is 117 Å². The second-order valence-corrected chi connectivity index (χ2v) is 7.15. The molecule has 0 aromatic heterocycles. The van der Waals surface area contributed by atoms with Crippen molar-refractivity contribution in [3.63, 3.8) is 0 Å². The molecule has 4 heteroatoms. The minimum Gasteiger partial charge on any atom is -0.340 e. The number of carbonyl (C=O) groups is 1. The summed E-state index contributed by atoms with van der Waals surface area (Å²) in [5.41, 5.74) is 0.0987. The van der Waals surface area contributed by atoms with Crippen molar-refractivity contribution in [2.75, 3.05) is 39.3 Å². The molecule has 0 saturated carbocycles. The summed E-state index contributed by atoms with van der Waals surface area (Å²) < 4.78 is 0. The van der Waals surface area contributed by atoms with Crippen LogP contribution in [0.1, 0.15) is 40.0 Å². The van der Waals surface area contributed by atoms with Crippen LogP contribution in [0, 0.1) is 5.41 Å². The average Bonchev–Trinajstić information content (AvgIpc) is 2.38. The number of piperidine rings is 1. The highest BCUT2D eigenvalue weighted by atomic mass is 16.2. The molecular weight excluding hydrogens is 238 g/mol. The summed E-state index contributed by atoms with van der Waals surface area (Å²) in [6.45, 7) is 12.6. The number of piperazine rings is 1. The van der Waals surface area contributed by atoms with Gasteiger partial charge in [0.25, 0.3) is 0 Å². The van der Waals surface area contributed by atoms with Gasteiger partial charge >= 0.3 is 0 Å². The Morgan fingerprint density at radius 2 is 1.89 bits per heavy atom. The van der Waals surface area contributed by atoms with Gasteiger partial charge in [-0.3, -0.25) is 9.69 Å². The van der Waals surface area contributed by atoms with E-state index in [1.165, 1.54) is 19.4 Å². The summed E-state index contributed by atoms with van der Waals surface area (Å²) in [6.07, 6.45) is 3.26. The lowest BCUT2D eigenvalue weighted by Gasteiger charge is -2.41. The monoisotopic (exact) mass is 267 g/mol. The van der Waals surface area contributed by atoms with Crippen molar-refractivity contribution >= 4 is 5.91 Å². The summed E-state index contributed by atoms with van der Waals surface area (Å²) in [4.78, 5) is 16.8. The fraction of sp³-hybridized carbons (Fsp3) is 0.933. The molecule has 4 nitrogen and oxygen atoms in total. The van der Waals surface area contributed by atoms with Crippen LogP contribution in [0.4, 0.5) is 0 Å². The summed E-state index contributed by atoms with van der Waals surface area (Å²) >= 11 is 0. The van der Waals surface area contributed by atoms with Gasteiger partial charge in [0.15, 0.2) is 0 Å². The summed E-state index contributed by atoms with van der Waals surface area (Å²) in [5.74, 6) is 0.328. The maximum atomic E-state index is 12.2. The van der Waals surface area contributed by atoms with E-state index < -0.39 is 0 Å². The van der Waals surface area contributed by atoms with Gasteiger partial charge in [-0.05, 0) is 24.8 Å². The van der Waals surface area contributed by atoms with Crippen LogP contribution < -0.4 is 5.32 Å². The highest BCUT2D eigenvalue weighted by molar-refractivity contribution is 5.76. The maximum Gasteiger partial charge on any atom is 0.223 e. The third-order valence-electron chi connectivity index (χ3n) is 4.14. The fourth-order valence-corrected chi connectivity index (χ4v) is 3.05. The van der Waals surface area contributed by atoms with E-state index in [0.29, 0.717) is 18.4 Å².